The van der Waals surface area contributed by atoms with Gasteiger partial charge in [-0.3, -0.25) is 4.79 Å². The second-order valence-corrected chi connectivity index (χ2v) is 4.78. The quantitative estimate of drug-likeness (QED) is 0.547. The zero-order chi connectivity index (χ0) is 12.9. The number of carbonyl (C=O) groups is 1. The predicted molar refractivity (Wildman–Crippen MR) is 73.9 cm³/mol. The standard InChI is InChI=1S/C14H30N2O/c1-3-5-6-7-8-9-10-11-12-16-14(17)13(15)4-2/h13H,3-12,15H2,1-2H3,(H,16,17). The van der Waals surface area contributed by atoms with Crippen LogP contribution in [-0.2, 0) is 4.79 Å². The summed E-state index contributed by atoms with van der Waals surface area (Å²) in [5.74, 6) is -0.00422. The average Bonchev–Trinajstić information content (AvgIpc) is 2.35. The molecule has 3 N–H and O–H groups in total. The van der Waals surface area contributed by atoms with Crippen molar-refractivity contribution in [2.75, 3.05) is 6.54 Å². The summed E-state index contributed by atoms with van der Waals surface area (Å²) >= 11 is 0. The molecule has 3 nitrogen and oxygen atoms in total. The smallest absolute Gasteiger partial charge is 0.236 e. The fourth-order valence-corrected chi connectivity index (χ4v) is 1.79. The summed E-state index contributed by atoms with van der Waals surface area (Å²) in [4.78, 5) is 11.3. The molecule has 3 heteroatoms. The number of rotatable bonds is 11. The van der Waals surface area contributed by atoms with Gasteiger partial charge in [0.25, 0.3) is 0 Å². The molecule has 0 aliphatic heterocycles. The van der Waals surface area contributed by atoms with Crippen LogP contribution >= 0.6 is 0 Å². The Bertz CT molecular complexity index is 183. The van der Waals surface area contributed by atoms with Crippen molar-refractivity contribution in [2.24, 2.45) is 5.73 Å². The van der Waals surface area contributed by atoms with Crippen LogP contribution in [0, 0.1) is 0 Å². The second kappa shape index (κ2) is 11.9. The van der Waals surface area contributed by atoms with Gasteiger partial charge in [-0.15, -0.1) is 0 Å². The van der Waals surface area contributed by atoms with Crippen LogP contribution in [0.4, 0.5) is 0 Å². The lowest BCUT2D eigenvalue weighted by Crippen LogP contribution is -2.40. The molecule has 0 aromatic heterocycles. The molecule has 0 rings (SSSR count). The van der Waals surface area contributed by atoms with E-state index in [1.807, 2.05) is 6.92 Å². The van der Waals surface area contributed by atoms with Crippen LogP contribution in [-0.4, -0.2) is 18.5 Å². The van der Waals surface area contributed by atoms with Crippen LogP contribution < -0.4 is 11.1 Å². The summed E-state index contributed by atoms with van der Waals surface area (Å²) in [6.07, 6.45) is 11.0. The minimum atomic E-state index is -0.330. The lowest BCUT2D eigenvalue weighted by molar-refractivity contribution is -0.122. The predicted octanol–water partition coefficient (Wildman–Crippen LogP) is 2.98. The number of nitrogens with two attached hydrogens (primary N) is 1. The Balaban J connectivity index is 3.16. The maximum Gasteiger partial charge on any atom is 0.236 e. The van der Waals surface area contributed by atoms with Crippen LogP contribution in [0.15, 0.2) is 0 Å². The van der Waals surface area contributed by atoms with E-state index in [0.29, 0.717) is 6.42 Å². The van der Waals surface area contributed by atoms with E-state index in [1.54, 1.807) is 0 Å². The third kappa shape index (κ3) is 10.3. The Morgan fingerprint density at radius 2 is 1.53 bits per heavy atom. The van der Waals surface area contributed by atoms with Gasteiger partial charge in [-0.25, -0.2) is 0 Å². The molecule has 0 aliphatic carbocycles. The highest BCUT2D eigenvalue weighted by Gasteiger charge is 2.08. The SMILES string of the molecule is CCCCCCCCCCNC(=O)C(N)CC. The van der Waals surface area contributed by atoms with Crippen molar-refractivity contribution in [1.29, 1.82) is 0 Å². The number of nitrogens with one attached hydrogen (secondary N) is 1. The molecular formula is C14H30N2O. The molecule has 0 aromatic carbocycles. The van der Waals surface area contributed by atoms with Crippen molar-refractivity contribution >= 4 is 5.91 Å². The number of amides is 1. The first-order chi connectivity index (χ1) is 8.22. The lowest BCUT2D eigenvalue weighted by Gasteiger charge is -2.09. The third-order valence-electron chi connectivity index (χ3n) is 3.11. The van der Waals surface area contributed by atoms with Gasteiger partial charge in [-0.1, -0.05) is 58.8 Å². The van der Waals surface area contributed by atoms with Crippen molar-refractivity contribution in [3.63, 3.8) is 0 Å². The number of unbranched alkanes of at least 4 members (excludes halogenated alkanes) is 7. The minimum absolute atomic E-state index is 0.00422. The molecule has 102 valence electrons. The molecule has 0 aromatic rings. The highest BCUT2D eigenvalue weighted by Crippen LogP contribution is 2.07. The number of hydrogen-bond donors (Lipinski definition) is 2. The first-order valence-corrected chi connectivity index (χ1v) is 7.25. The fraction of sp³-hybridized carbons (Fsp3) is 0.929. The lowest BCUT2D eigenvalue weighted by atomic mass is 10.1. The molecule has 0 spiro atoms. The van der Waals surface area contributed by atoms with E-state index in [0.717, 1.165) is 13.0 Å². The molecule has 0 saturated heterocycles. The van der Waals surface area contributed by atoms with Gasteiger partial charge in [0.15, 0.2) is 0 Å². The molecule has 0 radical (unpaired) electrons. The zero-order valence-corrected chi connectivity index (χ0v) is 11.6. The van der Waals surface area contributed by atoms with E-state index in [-0.39, 0.29) is 11.9 Å². The van der Waals surface area contributed by atoms with Crippen molar-refractivity contribution < 1.29 is 4.79 Å². The fourth-order valence-electron chi connectivity index (χ4n) is 1.79. The van der Waals surface area contributed by atoms with Gasteiger partial charge in [0, 0.05) is 6.54 Å². The number of hydrogen-bond acceptors (Lipinski definition) is 2. The summed E-state index contributed by atoms with van der Waals surface area (Å²) in [6.45, 7) is 4.95. The first kappa shape index (κ1) is 16.4. The van der Waals surface area contributed by atoms with Crippen molar-refractivity contribution in [2.45, 2.75) is 77.7 Å². The van der Waals surface area contributed by atoms with Gasteiger partial charge in [0.1, 0.15) is 0 Å². The van der Waals surface area contributed by atoms with Gasteiger partial charge in [0.05, 0.1) is 6.04 Å². The van der Waals surface area contributed by atoms with E-state index < -0.39 is 0 Å². The van der Waals surface area contributed by atoms with E-state index in [9.17, 15) is 4.79 Å². The maximum absolute atomic E-state index is 11.3. The van der Waals surface area contributed by atoms with E-state index >= 15 is 0 Å². The molecule has 0 saturated carbocycles. The summed E-state index contributed by atoms with van der Waals surface area (Å²) in [5.41, 5.74) is 5.61. The van der Waals surface area contributed by atoms with Gasteiger partial charge in [-0.2, -0.15) is 0 Å². The average molecular weight is 242 g/mol. The highest BCUT2D eigenvalue weighted by atomic mass is 16.2. The third-order valence-corrected chi connectivity index (χ3v) is 3.11. The molecule has 0 fully saturated rings. The minimum Gasteiger partial charge on any atom is -0.355 e. The Labute approximate surface area is 107 Å². The summed E-state index contributed by atoms with van der Waals surface area (Å²) in [5, 5.41) is 2.88. The maximum atomic E-state index is 11.3. The molecule has 1 atom stereocenters. The highest BCUT2D eigenvalue weighted by molar-refractivity contribution is 5.81. The second-order valence-electron chi connectivity index (χ2n) is 4.78. The monoisotopic (exact) mass is 242 g/mol. The molecule has 0 aliphatic rings. The van der Waals surface area contributed by atoms with Crippen molar-refractivity contribution in [3.8, 4) is 0 Å². The van der Waals surface area contributed by atoms with Crippen LogP contribution in [0.1, 0.15) is 71.6 Å². The largest absolute Gasteiger partial charge is 0.355 e. The van der Waals surface area contributed by atoms with E-state index in [2.05, 4.69) is 12.2 Å². The van der Waals surface area contributed by atoms with Crippen LogP contribution in [0.5, 0.6) is 0 Å². The van der Waals surface area contributed by atoms with Crippen LogP contribution in [0.3, 0.4) is 0 Å². The Kier molecular flexibility index (Phi) is 11.5. The molecule has 17 heavy (non-hydrogen) atoms. The van der Waals surface area contributed by atoms with Gasteiger partial charge in [-0.05, 0) is 12.8 Å². The Morgan fingerprint density at radius 1 is 1.00 bits per heavy atom. The molecule has 0 bridgehead atoms. The molecular weight excluding hydrogens is 212 g/mol. The van der Waals surface area contributed by atoms with Gasteiger partial charge < -0.3 is 11.1 Å². The van der Waals surface area contributed by atoms with Crippen LogP contribution in [0.25, 0.3) is 0 Å². The van der Waals surface area contributed by atoms with Crippen molar-refractivity contribution in [3.05, 3.63) is 0 Å². The van der Waals surface area contributed by atoms with Crippen LogP contribution in [0.2, 0.25) is 0 Å². The molecule has 1 amide bonds. The van der Waals surface area contributed by atoms with Gasteiger partial charge >= 0.3 is 0 Å². The molecule has 1 unspecified atom stereocenters. The summed E-state index contributed by atoms with van der Waals surface area (Å²) in [6, 6.07) is -0.330. The Morgan fingerprint density at radius 3 is 2.06 bits per heavy atom. The van der Waals surface area contributed by atoms with E-state index in [1.165, 1.54) is 44.9 Å². The van der Waals surface area contributed by atoms with Crippen molar-refractivity contribution in [1.82, 2.24) is 5.32 Å². The zero-order valence-electron chi connectivity index (χ0n) is 11.6. The molecule has 0 heterocycles. The Hall–Kier alpha value is -0.570. The number of carbonyl (C=O) groups excluding carboxylic acids is 1. The normalized spacial score (nSPS) is 12.4. The van der Waals surface area contributed by atoms with Gasteiger partial charge in [0.2, 0.25) is 5.91 Å². The topological polar surface area (TPSA) is 55.1 Å². The van der Waals surface area contributed by atoms with E-state index in [4.69, 9.17) is 5.73 Å². The first-order valence-electron chi connectivity index (χ1n) is 7.25. The summed E-state index contributed by atoms with van der Waals surface area (Å²) in [7, 11) is 0. The summed E-state index contributed by atoms with van der Waals surface area (Å²) < 4.78 is 0.